The van der Waals surface area contributed by atoms with Crippen molar-refractivity contribution in [3.63, 3.8) is 0 Å². The summed E-state index contributed by atoms with van der Waals surface area (Å²) in [6.07, 6.45) is 3.76. The second-order valence-electron chi connectivity index (χ2n) is 3.59. The van der Waals surface area contributed by atoms with Gasteiger partial charge in [0.05, 0.1) is 11.9 Å². The van der Waals surface area contributed by atoms with E-state index < -0.39 is 0 Å². The molecule has 0 radical (unpaired) electrons. The maximum atomic E-state index is 5.88. The third-order valence-corrected chi connectivity index (χ3v) is 3.71. The molecule has 2 nitrogen and oxygen atoms in total. The Hall–Kier alpha value is -1.19. The average molecular weight is 265 g/mol. The first-order valence-corrected chi connectivity index (χ1v) is 6.60. The molecule has 1 aromatic carbocycles. The zero-order valence-electron chi connectivity index (χ0n) is 9.56. The third-order valence-electron chi connectivity index (χ3n) is 2.42. The number of thioether (sulfide) groups is 1. The van der Waals surface area contributed by atoms with Gasteiger partial charge >= 0.3 is 0 Å². The van der Waals surface area contributed by atoms with Gasteiger partial charge < -0.3 is 4.57 Å². The minimum absolute atomic E-state index is 0.747. The van der Waals surface area contributed by atoms with E-state index >= 15 is 0 Å². The van der Waals surface area contributed by atoms with Gasteiger partial charge in [-0.3, -0.25) is 0 Å². The van der Waals surface area contributed by atoms with E-state index in [-0.39, 0.29) is 0 Å². The van der Waals surface area contributed by atoms with Crippen LogP contribution >= 0.6 is 23.4 Å². The van der Waals surface area contributed by atoms with Crippen LogP contribution in [0.15, 0.2) is 48.3 Å². The second-order valence-corrected chi connectivity index (χ2v) is 5.02. The number of benzene rings is 1. The molecule has 88 valence electrons. The molecular weight excluding hydrogens is 252 g/mol. The number of rotatable bonds is 4. The minimum Gasteiger partial charge on any atom is -0.322 e. The van der Waals surface area contributed by atoms with Crippen molar-refractivity contribution in [2.24, 2.45) is 7.05 Å². The zero-order chi connectivity index (χ0) is 12.3. The lowest BCUT2D eigenvalue weighted by Gasteiger charge is -2.05. The highest BCUT2D eigenvalue weighted by Crippen LogP contribution is 2.25. The minimum atomic E-state index is 0.747. The molecule has 0 saturated heterocycles. The van der Waals surface area contributed by atoms with E-state index in [1.807, 2.05) is 43.6 Å². The fourth-order valence-corrected chi connectivity index (χ4v) is 2.36. The molecule has 0 unspecified atom stereocenters. The van der Waals surface area contributed by atoms with Crippen LogP contribution < -0.4 is 0 Å². The summed E-state index contributed by atoms with van der Waals surface area (Å²) in [6.45, 7) is 3.71. The van der Waals surface area contributed by atoms with Gasteiger partial charge in [0.25, 0.3) is 0 Å². The van der Waals surface area contributed by atoms with Gasteiger partial charge in [-0.25, -0.2) is 4.98 Å². The first-order chi connectivity index (χ1) is 8.22. The summed E-state index contributed by atoms with van der Waals surface area (Å²) in [4.78, 5) is 4.40. The van der Waals surface area contributed by atoms with Crippen LogP contribution in [0.4, 0.5) is 0 Å². The number of nitrogens with zero attached hydrogens (tertiary/aromatic N) is 2. The fourth-order valence-electron chi connectivity index (χ4n) is 1.55. The van der Waals surface area contributed by atoms with Crippen LogP contribution in [0.2, 0.25) is 5.02 Å². The summed E-state index contributed by atoms with van der Waals surface area (Å²) < 4.78 is 2.08. The number of halogens is 1. The van der Waals surface area contributed by atoms with Gasteiger partial charge in [-0.1, -0.05) is 41.6 Å². The van der Waals surface area contributed by atoms with E-state index in [9.17, 15) is 0 Å². The Bertz CT molecular complexity index is 517. The van der Waals surface area contributed by atoms with Gasteiger partial charge in [0.15, 0.2) is 5.16 Å². The Morgan fingerprint density at radius 2 is 2.12 bits per heavy atom. The summed E-state index contributed by atoms with van der Waals surface area (Å²) >= 11 is 7.55. The molecule has 2 aromatic rings. The number of aromatic nitrogens is 2. The number of hydrogen-bond donors (Lipinski definition) is 0. The van der Waals surface area contributed by atoms with E-state index in [0.717, 1.165) is 27.2 Å². The summed E-state index contributed by atoms with van der Waals surface area (Å²) in [7, 11) is 2.02. The van der Waals surface area contributed by atoms with Crippen LogP contribution in [-0.4, -0.2) is 15.3 Å². The Morgan fingerprint density at radius 1 is 1.41 bits per heavy atom. The molecule has 0 bridgehead atoms. The molecule has 0 fully saturated rings. The molecule has 0 atom stereocenters. The molecule has 0 saturated carbocycles. The summed E-state index contributed by atoms with van der Waals surface area (Å²) in [5.41, 5.74) is 2.21. The smallest absolute Gasteiger partial charge is 0.168 e. The quantitative estimate of drug-likeness (QED) is 0.613. The monoisotopic (exact) mass is 264 g/mol. The van der Waals surface area contributed by atoms with E-state index in [1.165, 1.54) is 0 Å². The highest BCUT2D eigenvalue weighted by atomic mass is 35.5. The highest BCUT2D eigenvalue weighted by Gasteiger charge is 2.08. The molecule has 0 N–H and O–H groups in total. The zero-order valence-corrected chi connectivity index (χ0v) is 11.1. The van der Waals surface area contributed by atoms with Crippen LogP contribution in [0.3, 0.4) is 0 Å². The molecular formula is C13H13ClN2S. The van der Waals surface area contributed by atoms with Gasteiger partial charge in [0.2, 0.25) is 0 Å². The van der Waals surface area contributed by atoms with E-state index in [0.29, 0.717) is 0 Å². The molecule has 0 amide bonds. The molecule has 0 aliphatic heterocycles. The van der Waals surface area contributed by atoms with Gasteiger partial charge in [-0.15, -0.1) is 6.58 Å². The van der Waals surface area contributed by atoms with Crippen LogP contribution in [-0.2, 0) is 7.05 Å². The first-order valence-electron chi connectivity index (χ1n) is 5.23. The largest absolute Gasteiger partial charge is 0.322 e. The maximum absolute atomic E-state index is 5.88. The number of imidazole rings is 1. The molecule has 1 aromatic heterocycles. The number of hydrogen-bond acceptors (Lipinski definition) is 2. The summed E-state index contributed by atoms with van der Waals surface area (Å²) in [5.74, 6) is 0.866. The lowest BCUT2D eigenvalue weighted by Crippen LogP contribution is -1.94. The Morgan fingerprint density at radius 3 is 2.76 bits per heavy atom. The van der Waals surface area contributed by atoms with E-state index in [1.54, 1.807) is 11.8 Å². The van der Waals surface area contributed by atoms with Crippen LogP contribution in [0, 0.1) is 0 Å². The average Bonchev–Trinajstić information content (AvgIpc) is 2.69. The maximum Gasteiger partial charge on any atom is 0.168 e. The summed E-state index contributed by atoms with van der Waals surface area (Å²) in [6, 6.07) is 7.78. The van der Waals surface area contributed by atoms with Crippen LogP contribution in [0.1, 0.15) is 0 Å². The van der Waals surface area contributed by atoms with Crippen molar-refractivity contribution in [1.82, 2.24) is 9.55 Å². The Kier molecular flexibility index (Phi) is 3.92. The van der Waals surface area contributed by atoms with Crippen LogP contribution in [0.25, 0.3) is 11.3 Å². The first kappa shape index (κ1) is 12.3. The lowest BCUT2D eigenvalue weighted by molar-refractivity contribution is 0.797. The normalized spacial score (nSPS) is 10.5. The van der Waals surface area contributed by atoms with Crippen molar-refractivity contribution in [3.8, 4) is 11.3 Å². The fraction of sp³-hybridized carbons (Fsp3) is 0.154. The second kappa shape index (κ2) is 5.43. The van der Waals surface area contributed by atoms with Crippen molar-refractivity contribution in [3.05, 3.63) is 48.1 Å². The molecule has 2 rings (SSSR count). The lowest BCUT2D eigenvalue weighted by atomic mass is 10.2. The van der Waals surface area contributed by atoms with Crippen molar-refractivity contribution in [1.29, 1.82) is 0 Å². The van der Waals surface area contributed by atoms with Crippen molar-refractivity contribution in [2.45, 2.75) is 5.16 Å². The van der Waals surface area contributed by atoms with Crippen molar-refractivity contribution >= 4 is 23.4 Å². The van der Waals surface area contributed by atoms with Gasteiger partial charge in [0.1, 0.15) is 0 Å². The molecule has 4 heteroatoms. The Balaban J connectivity index is 2.30. The molecule has 0 aliphatic carbocycles. The van der Waals surface area contributed by atoms with Gasteiger partial charge in [-0.05, 0) is 17.7 Å². The molecule has 17 heavy (non-hydrogen) atoms. The predicted molar refractivity (Wildman–Crippen MR) is 74.6 cm³/mol. The van der Waals surface area contributed by atoms with Crippen molar-refractivity contribution < 1.29 is 0 Å². The third kappa shape index (κ3) is 2.73. The standard InChI is InChI=1S/C13H13ClN2S/c1-3-8-17-13-15-9-12(16(13)2)10-4-6-11(14)7-5-10/h3-7,9H,1,8H2,2H3. The molecule has 0 spiro atoms. The highest BCUT2D eigenvalue weighted by molar-refractivity contribution is 7.99. The summed E-state index contributed by atoms with van der Waals surface area (Å²) in [5, 5.41) is 1.74. The van der Waals surface area contributed by atoms with E-state index in [4.69, 9.17) is 11.6 Å². The van der Waals surface area contributed by atoms with Crippen molar-refractivity contribution in [2.75, 3.05) is 5.75 Å². The molecule has 0 aliphatic rings. The Labute approximate surface area is 110 Å². The SMILES string of the molecule is C=CCSc1ncc(-c2ccc(Cl)cc2)n1C. The van der Waals surface area contributed by atoms with Gasteiger partial charge in [0, 0.05) is 17.8 Å². The van der Waals surface area contributed by atoms with Gasteiger partial charge in [-0.2, -0.15) is 0 Å². The topological polar surface area (TPSA) is 17.8 Å². The van der Waals surface area contributed by atoms with E-state index in [2.05, 4.69) is 16.1 Å². The molecule has 1 heterocycles. The van der Waals surface area contributed by atoms with Crippen LogP contribution in [0.5, 0.6) is 0 Å². The predicted octanol–water partition coefficient (Wildman–Crippen LogP) is 4.02.